The summed E-state index contributed by atoms with van der Waals surface area (Å²) >= 11 is 0. The summed E-state index contributed by atoms with van der Waals surface area (Å²) in [6.07, 6.45) is 3.14. The lowest BCUT2D eigenvalue weighted by Gasteiger charge is -2.25. The molecule has 0 bridgehead atoms. The maximum Gasteiger partial charge on any atom is 0.0831 e. The van der Waals surface area contributed by atoms with Crippen LogP contribution in [0, 0.1) is 0 Å². The van der Waals surface area contributed by atoms with E-state index in [1.54, 1.807) is 0 Å². The molecular weight excluding hydrogens is 440 g/mol. The molecule has 4 heteroatoms. The minimum absolute atomic E-state index is 0.183. The molecule has 0 saturated heterocycles. The van der Waals surface area contributed by atoms with Crippen LogP contribution in [-0.4, -0.2) is 31.9 Å². The molecule has 1 atom stereocenters. The highest BCUT2D eigenvalue weighted by atomic mass is 15.5. The van der Waals surface area contributed by atoms with Gasteiger partial charge in [0, 0.05) is 44.0 Å². The fourth-order valence-corrected chi connectivity index (χ4v) is 5.05. The van der Waals surface area contributed by atoms with E-state index >= 15 is 0 Å². The zero-order valence-electron chi connectivity index (χ0n) is 22.5. The van der Waals surface area contributed by atoms with E-state index in [0.29, 0.717) is 0 Å². The molecule has 0 N–H and O–H groups in total. The van der Waals surface area contributed by atoms with E-state index in [2.05, 4.69) is 134 Å². The summed E-state index contributed by atoms with van der Waals surface area (Å²) < 4.78 is 0. The molecule has 3 aromatic carbocycles. The Balaban J connectivity index is 1.60. The number of benzene rings is 3. The lowest BCUT2D eigenvalue weighted by atomic mass is 9.98. The largest absolute Gasteiger partial charge is 0.372 e. The summed E-state index contributed by atoms with van der Waals surface area (Å²) in [4.78, 5) is 4.75. The van der Waals surface area contributed by atoms with Crippen molar-refractivity contribution < 1.29 is 0 Å². The lowest BCUT2D eigenvalue weighted by Crippen LogP contribution is -2.22. The number of rotatable bonds is 10. The molecule has 0 radical (unpaired) electrons. The fraction of sp³-hybridized carbons (Fsp3) is 0.344. The second kappa shape index (κ2) is 11.9. The van der Waals surface area contributed by atoms with Gasteiger partial charge in [0.2, 0.25) is 0 Å². The van der Waals surface area contributed by atoms with E-state index in [0.717, 1.165) is 44.0 Å². The van der Waals surface area contributed by atoms with E-state index in [1.165, 1.54) is 28.1 Å². The zero-order valence-corrected chi connectivity index (χ0v) is 22.5. The standard InChI is InChI=1S/C32H40N4/c1-6-34(7-2)29-19-15-26(16-20-29)25(5)23-28-24-32(36(33-28)31-13-11-10-12-14-31)27-17-21-30(22-18-27)35(8-3)9-4/h10-23,32H,6-9,24H2,1-5H3. The third-order valence-corrected chi connectivity index (χ3v) is 7.20. The highest BCUT2D eigenvalue weighted by Crippen LogP contribution is 2.36. The van der Waals surface area contributed by atoms with Gasteiger partial charge in [0.25, 0.3) is 0 Å². The van der Waals surface area contributed by atoms with Crippen LogP contribution in [0.25, 0.3) is 5.57 Å². The van der Waals surface area contributed by atoms with Crippen molar-refractivity contribution in [2.24, 2.45) is 5.10 Å². The normalized spacial score (nSPS) is 15.7. The van der Waals surface area contributed by atoms with Crippen LogP contribution in [0.4, 0.5) is 17.1 Å². The van der Waals surface area contributed by atoms with E-state index in [1.807, 2.05) is 0 Å². The molecule has 3 aromatic rings. The van der Waals surface area contributed by atoms with Crippen molar-refractivity contribution in [2.75, 3.05) is 41.0 Å². The number of para-hydroxylation sites is 1. The van der Waals surface area contributed by atoms with Gasteiger partial charge in [0.1, 0.15) is 0 Å². The molecular formula is C32H40N4. The Hall–Kier alpha value is -3.53. The van der Waals surface area contributed by atoms with Crippen LogP contribution in [0.2, 0.25) is 0 Å². The van der Waals surface area contributed by atoms with Crippen molar-refractivity contribution in [1.29, 1.82) is 0 Å². The van der Waals surface area contributed by atoms with Crippen molar-refractivity contribution in [1.82, 2.24) is 0 Å². The number of nitrogens with zero attached hydrogens (tertiary/aromatic N) is 4. The maximum absolute atomic E-state index is 5.10. The van der Waals surface area contributed by atoms with Crippen LogP contribution in [-0.2, 0) is 0 Å². The van der Waals surface area contributed by atoms with Gasteiger partial charge in [-0.15, -0.1) is 0 Å². The predicted octanol–water partition coefficient (Wildman–Crippen LogP) is 7.79. The Kier molecular flexibility index (Phi) is 8.48. The van der Waals surface area contributed by atoms with Gasteiger partial charge >= 0.3 is 0 Å². The second-order valence-corrected chi connectivity index (χ2v) is 9.30. The average Bonchev–Trinajstić information content (AvgIpc) is 3.35. The zero-order chi connectivity index (χ0) is 25.5. The van der Waals surface area contributed by atoms with Gasteiger partial charge in [-0.2, -0.15) is 5.10 Å². The molecule has 0 amide bonds. The topological polar surface area (TPSA) is 22.1 Å². The quantitative estimate of drug-likeness (QED) is 0.296. The minimum atomic E-state index is 0.183. The van der Waals surface area contributed by atoms with E-state index in [9.17, 15) is 0 Å². The summed E-state index contributed by atoms with van der Waals surface area (Å²) in [6, 6.07) is 28.7. The highest BCUT2D eigenvalue weighted by Gasteiger charge is 2.28. The molecule has 36 heavy (non-hydrogen) atoms. The third-order valence-electron chi connectivity index (χ3n) is 7.20. The third kappa shape index (κ3) is 5.64. The number of anilines is 3. The molecule has 1 heterocycles. The van der Waals surface area contributed by atoms with Gasteiger partial charge in [-0.05, 0) is 93.8 Å². The summed E-state index contributed by atoms with van der Waals surface area (Å²) in [5, 5.41) is 7.29. The molecule has 1 aliphatic rings. The van der Waals surface area contributed by atoms with Crippen LogP contribution in [0.5, 0.6) is 0 Å². The molecule has 0 aromatic heterocycles. The summed E-state index contributed by atoms with van der Waals surface area (Å²) in [7, 11) is 0. The number of hydrogen-bond acceptors (Lipinski definition) is 4. The molecule has 0 aliphatic carbocycles. The monoisotopic (exact) mass is 480 g/mol. The second-order valence-electron chi connectivity index (χ2n) is 9.30. The Morgan fingerprint density at radius 3 is 1.83 bits per heavy atom. The van der Waals surface area contributed by atoms with Gasteiger partial charge < -0.3 is 9.80 Å². The number of allylic oxidation sites excluding steroid dienone is 2. The molecule has 1 unspecified atom stereocenters. The maximum atomic E-state index is 5.10. The summed E-state index contributed by atoms with van der Waals surface area (Å²) in [5.74, 6) is 0. The Morgan fingerprint density at radius 1 is 0.778 bits per heavy atom. The van der Waals surface area contributed by atoms with Crippen LogP contribution >= 0.6 is 0 Å². The lowest BCUT2D eigenvalue weighted by molar-refractivity contribution is 0.709. The first kappa shape index (κ1) is 25.6. The van der Waals surface area contributed by atoms with E-state index < -0.39 is 0 Å². The summed E-state index contributed by atoms with van der Waals surface area (Å²) in [5.41, 5.74) is 8.57. The first-order valence-electron chi connectivity index (χ1n) is 13.4. The molecule has 0 saturated carbocycles. The Morgan fingerprint density at radius 2 is 1.31 bits per heavy atom. The minimum Gasteiger partial charge on any atom is -0.372 e. The average molecular weight is 481 g/mol. The number of hydrogen-bond donors (Lipinski definition) is 0. The van der Waals surface area contributed by atoms with E-state index in [-0.39, 0.29) is 6.04 Å². The van der Waals surface area contributed by atoms with Gasteiger partial charge in [-0.3, -0.25) is 5.01 Å². The van der Waals surface area contributed by atoms with Crippen LogP contribution in [0.15, 0.2) is 90.0 Å². The van der Waals surface area contributed by atoms with Crippen molar-refractivity contribution in [3.63, 3.8) is 0 Å². The van der Waals surface area contributed by atoms with Crippen molar-refractivity contribution in [2.45, 2.75) is 47.1 Å². The molecule has 4 rings (SSSR count). The Labute approximate surface area is 217 Å². The van der Waals surface area contributed by atoms with Crippen molar-refractivity contribution in [3.05, 3.63) is 96.1 Å². The van der Waals surface area contributed by atoms with Crippen molar-refractivity contribution in [3.8, 4) is 0 Å². The highest BCUT2D eigenvalue weighted by molar-refractivity contribution is 6.03. The van der Waals surface area contributed by atoms with Crippen LogP contribution in [0.1, 0.15) is 58.2 Å². The first-order chi connectivity index (χ1) is 17.6. The van der Waals surface area contributed by atoms with Crippen LogP contribution < -0.4 is 14.8 Å². The SMILES string of the molecule is CCN(CC)c1ccc(C(C)=CC2=NN(c3ccccc3)C(c3ccc(N(CC)CC)cc3)C2)cc1. The van der Waals surface area contributed by atoms with Gasteiger partial charge in [0.15, 0.2) is 0 Å². The van der Waals surface area contributed by atoms with Crippen LogP contribution in [0.3, 0.4) is 0 Å². The Bertz CT molecular complexity index is 1160. The van der Waals surface area contributed by atoms with Gasteiger partial charge in [0.05, 0.1) is 17.4 Å². The summed E-state index contributed by atoms with van der Waals surface area (Å²) in [6.45, 7) is 15.1. The first-order valence-corrected chi connectivity index (χ1v) is 13.4. The van der Waals surface area contributed by atoms with Gasteiger partial charge in [-0.25, -0.2) is 0 Å². The molecule has 1 aliphatic heterocycles. The predicted molar refractivity (Wildman–Crippen MR) is 157 cm³/mol. The fourth-order valence-electron chi connectivity index (χ4n) is 5.05. The molecule has 4 nitrogen and oxygen atoms in total. The van der Waals surface area contributed by atoms with E-state index in [4.69, 9.17) is 5.10 Å². The molecule has 188 valence electrons. The molecule has 0 spiro atoms. The van der Waals surface area contributed by atoms with Crippen molar-refractivity contribution >= 4 is 28.3 Å². The number of hydrazone groups is 1. The smallest absolute Gasteiger partial charge is 0.0831 e. The molecule has 0 fully saturated rings. The van der Waals surface area contributed by atoms with Gasteiger partial charge in [-0.1, -0.05) is 42.5 Å².